The molecule has 0 saturated carbocycles. The highest BCUT2D eigenvalue weighted by Gasteiger charge is 2.30. The molecule has 2 unspecified atom stereocenters. The fraction of sp³-hybridized carbons (Fsp3) is 0.947. The largest absolute Gasteiger partial charge is 0.472 e. The molecule has 558 valence electrons. The highest BCUT2D eigenvalue weighted by molar-refractivity contribution is 7.47. The molecule has 0 fully saturated rings. The lowest BCUT2D eigenvalue weighted by molar-refractivity contribution is -0.161. The van der Waals surface area contributed by atoms with Gasteiger partial charge in [0.05, 0.1) is 26.4 Å². The number of aliphatic hydroxyl groups is 1. The molecule has 94 heavy (non-hydrogen) atoms. The van der Waals surface area contributed by atoms with E-state index in [9.17, 15) is 43.2 Å². The predicted molar refractivity (Wildman–Crippen MR) is 382 cm³/mol. The Morgan fingerprint density at radius 2 is 0.489 bits per heavy atom. The van der Waals surface area contributed by atoms with Gasteiger partial charge in [-0.2, -0.15) is 0 Å². The first kappa shape index (κ1) is 92.1. The van der Waals surface area contributed by atoms with Crippen molar-refractivity contribution in [2.45, 2.75) is 412 Å². The summed E-state index contributed by atoms with van der Waals surface area (Å²) in [5.41, 5.74) is 0. The van der Waals surface area contributed by atoms with Crippen molar-refractivity contribution in [1.82, 2.24) is 0 Å². The van der Waals surface area contributed by atoms with E-state index in [1.807, 2.05) is 0 Å². The van der Waals surface area contributed by atoms with Crippen LogP contribution >= 0.6 is 15.6 Å². The summed E-state index contributed by atoms with van der Waals surface area (Å²) < 4.78 is 68.4. The molecule has 5 atom stereocenters. The van der Waals surface area contributed by atoms with Gasteiger partial charge in [0, 0.05) is 25.7 Å². The summed E-state index contributed by atoms with van der Waals surface area (Å²) >= 11 is 0. The first-order valence-corrected chi connectivity index (χ1v) is 42.1. The van der Waals surface area contributed by atoms with Gasteiger partial charge in [-0.3, -0.25) is 37.3 Å². The molecule has 0 aliphatic rings. The average Bonchev–Trinajstić information content (AvgIpc) is 1.57. The number of carbonyl (C=O) groups excluding carboxylic acids is 4. The predicted octanol–water partition coefficient (Wildman–Crippen LogP) is 22.1. The summed E-state index contributed by atoms with van der Waals surface area (Å²) in [5.74, 6) is -1.44. The minimum absolute atomic E-state index is 0.107. The smallest absolute Gasteiger partial charge is 0.462 e. The van der Waals surface area contributed by atoms with Gasteiger partial charge < -0.3 is 33.8 Å². The summed E-state index contributed by atoms with van der Waals surface area (Å²) in [4.78, 5) is 72.7. The number of rotatable bonds is 75. The Kier molecular flexibility index (Phi) is 66.8. The number of hydrogen-bond donors (Lipinski definition) is 3. The van der Waals surface area contributed by atoms with Crippen LogP contribution in [-0.4, -0.2) is 96.7 Å². The van der Waals surface area contributed by atoms with Gasteiger partial charge in [0.15, 0.2) is 12.2 Å². The van der Waals surface area contributed by atoms with Crippen molar-refractivity contribution in [2.24, 2.45) is 5.92 Å². The third-order valence-electron chi connectivity index (χ3n) is 17.5. The van der Waals surface area contributed by atoms with E-state index in [0.717, 1.165) is 96.3 Å². The Hall–Kier alpha value is -1.94. The van der Waals surface area contributed by atoms with E-state index < -0.39 is 97.5 Å². The van der Waals surface area contributed by atoms with E-state index in [2.05, 4.69) is 34.6 Å². The molecule has 19 heteroatoms. The maximum Gasteiger partial charge on any atom is 0.472 e. The molecule has 0 aromatic rings. The lowest BCUT2D eigenvalue weighted by atomic mass is 10.0. The molecule has 0 amide bonds. The number of carbonyl (C=O) groups is 4. The Labute approximate surface area is 575 Å². The lowest BCUT2D eigenvalue weighted by Gasteiger charge is -2.21. The number of aliphatic hydroxyl groups excluding tert-OH is 1. The van der Waals surface area contributed by atoms with Crippen molar-refractivity contribution in [2.75, 3.05) is 39.6 Å². The minimum Gasteiger partial charge on any atom is -0.462 e. The molecule has 0 spiro atoms. The zero-order valence-corrected chi connectivity index (χ0v) is 62.9. The quantitative estimate of drug-likeness (QED) is 0.0222. The molecular weight excluding hydrogens is 1230 g/mol. The third-order valence-corrected chi connectivity index (χ3v) is 19.4. The van der Waals surface area contributed by atoms with Gasteiger partial charge in [0.1, 0.15) is 19.3 Å². The summed E-state index contributed by atoms with van der Waals surface area (Å²) in [7, 11) is -9.91. The van der Waals surface area contributed by atoms with Gasteiger partial charge in [-0.1, -0.05) is 343 Å². The zero-order valence-electron chi connectivity index (χ0n) is 61.1. The number of hydrogen-bond acceptors (Lipinski definition) is 15. The molecular formula is C75H146O17P2. The van der Waals surface area contributed by atoms with E-state index in [1.165, 1.54) is 212 Å². The second-order valence-electron chi connectivity index (χ2n) is 27.5. The van der Waals surface area contributed by atoms with Gasteiger partial charge in [-0.05, 0) is 31.6 Å². The molecule has 17 nitrogen and oxygen atoms in total. The van der Waals surface area contributed by atoms with Crippen LogP contribution in [0.3, 0.4) is 0 Å². The maximum atomic E-state index is 13.1. The summed E-state index contributed by atoms with van der Waals surface area (Å²) in [6.07, 6.45) is 57.0. The molecule has 0 rings (SSSR count). The topological polar surface area (TPSA) is 237 Å². The van der Waals surface area contributed by atoms with Crippen molar-refractivity contribution in [3.8, 4) is 0 Å². The number of ether oxygens (including phenoxy) is 4. The first-order chi connectivity index (χ1) is 45.5. The van der Waals surface area contributed by atoms with Crippen LogP contribution in [0.4, 0.5) is 0 Å². The Balaban J connectivity index is 5.20. The summed E-state index contributed by atoms with van der Waals surface area (Å²) in [6.45, 7) is 7.20. The van der Waals surface area contributed by atoms with E-state index >= 15 is 0 Å². The Morgan fingerprint density at radius 1 is 0.287 bits per heavy atom. The second-order valence-corrected chi connectivity index (χ2v) is 30.4. The lowest BCUT2D eigenvalue weighted by Crippen LogP contribution is -2.30. The molecule has 0 aromatic carbocycles. The van der Waals surface area contributed by atoms with Crippen LogP contribution in [0.25, 0.3) is 0 Å². The number of esters is 4. The molecule has 0 bridgehead atoms. The van der Waals surface area contributed by atoms with Gasteiger partial charge in [-0.15, -0.1) is 0 Å². The monoisotopic (exact) mass is 1380 g/mol. The van der Waals surface area contributed by atoms with Crippen LogP contribution < -0.4 is 0 Å². The van der Waals surface area contributed by atoms with E-state index in [-0.39, 0.29) is 25.7 Å². The zero-order chi connectivity index (χ0) is 69.1. The maximum absolute atomic E-state index is 13.1. The van der Waals surface area contributed by atoms with Crippen LogP contribution in [0.5, 0.6) is 0 Å². The molecule has 0 radical (unpaired) electrons. The molecule has 0 aromatic heterocycles. The van der Waals surface area contributed by atoms with Crippen LogP contribution in [0.2, 0.25) is 0 Å². The summed E-state index contributed by atoms with van der Waals surface area (Å²) in [5, 5.41) is 10.6. The Bertz CT molecular complexity index is 1810. The van der Waals surface area contributed by atoms with Gasteiger partial charge in [-0.25, -0.2) is 9.13 Å². The van der Waals surface area contributed by atoms with E-state index in [1.54, 1.807) is 0 Å². The molecule has 0 saturated heterocycles. The van der Waals surface area contributed by atoms with Crippen molar-refractivity contribution in [3.05, 3.63) is 0 Å². The van der Waals surface area contributed by atoms with Crippen molar-refractivity contribution < 1.29 is 80.2 Å². The fourth-order valence-corrected chi connectivity index (χ4v) is 13.1. The second kappa shape index (κ2) is 68.2. The van der Waals surface area contributed by atoms with Crippen LogP contribution in [0, 0.1) is 5.92 Å². The molecule has 0 aliphatic heterocycles. The van der Waals surface area contributed by atoms with Gasteiger partial charge in [0.25, 0.3) is 0 Å². The highest BCUT2D eigenvalue weighted by atomic mass is 31.2. The normalized spacial score (nSPS) is 14.0. The highest BCUT2D eigenvalue weighted by Crippen LogP contribution is 2.45. The number of phosphoric ester groups is 2. The number of unbranched alkanes of at least 4 members (excludes halogenated alkanes) is 47. The van der Waals surface area contributed by atoms with Crippen molar-refractivity contribution in [3.63, 3.8) is 0 Å². The number of phosphoric acid groups is 2. The SMILES string of the molecule is CCCCCCCCCCCCCCCCCCCCCCC(=O)O[C@H](COC(=O)CCCCCCCCCCCCCCC)COP(=O)(O)OC[C@@H](O)COP(=O)(O)OC[C@@H](COC(=O)CCCCCCCCC(C)C)OC(=O)CCCCCCCCCCCCCC. The van der Waals surface area contributed by atoms with E-state index in [0.29, 0.717) is 31.6 Å². The first-order valence-electron chi connectivity index (χ1n) is 39.1. The van der Waals surface area contributed by atoms with Crippen LogP contribution in [0.15, 0.2) is 0 Å². The van der Waals surface area contributed by atoms with Gasteiger partial charge >= 0.3 is 39.5 Å². The summed E-state index contributed by atoms with van der Waals surface area (Å²) in [6, 6.07) is 0. The van der Waals surface area contributed by atoms with Crippen molar-refractivity contribution in [1.29, 1.82) is 0 Å². The Morgan fingerprint density at radius 3 is 0.723 bits per heavy atom. The minimum atomic E-state index is -4.95. The van der Waals surface area contributed by atoms with Crippen molar-refractivity contribution >= 4 is 39.5 Å². The van der Waals surface area contributed by atoms with Gasteiger partial charge in [0.2, 0.25) is 0 Å². The fourth-order valence-electron chi connectivity index (χ4n) is 11.5. The average molecular weight is 1380 g/mol. The van der Waals surface area contributed by atoms with Crippen LogP contribution in [0.1, 0.15) is 394 Å². The molecule has 0 heterocycles. The third kappa shape index (κ3) is 68.6. The van der Waals surface area contributed by atoms with Crippen LogP contribution in [-0.2, 0) is 65.4 Å². The molecule has 0 aliphatic carbocycles. The van der Waals surface area contributed by atoms with E-state index in [4.69, 9.17) is 37.0 Å². The standard InChI is InChI=1S/C75H146O17P2/c1-6-9-12-15-18-21-24-27-28-29-30-31-32-33-35-38-41-44-51-56-61-75(80)91-70(64-85-72(77)58-53-48-42-39-37-34-25-22-19-16-13-10-7-2)66-89-93(81,82)87-62-69(76)63-88-94(83,84)90-67-71(65-86-73(78)59-54-49-46-45-47-52-57-68(4)5)92-74(79)60-55-50-43-40-36-26-23-20-17-14-11-8-3/h68-71,76H,6-67H2,1-5H3,(H,81,82)(H,83,84)/t69-,70-,71-/m1/s1. The molecule has 3 N–H and O–H groups in total.